The van der Waals surface area contributed by atoms with Crippen molar-refractivity contribution in [1.82, 2.24) is 15.3 Å². The number of hydrogen-bond acceptors (Lipinski definition) is 4. The van der Waals surface area contributed by atoms with Crippen LogP contribution in [-0.4, -0.2) is 28.2 Å². The van der Waals surface area contributed by atoms with Crippen molar-refractivity contribution >= 4 is 28.7 Å². The number of aromatic amines is 1. The van der Waals surface area contributed by atoms with Crippen molar-refractivity contribution in [3.63, 3.8) is 0 Å². The van der Waals surface area contributed by atoms with Crippen LogP contribution < -0.4 is 10.1 Å². The Kier molecular flexibility index (Phi) is 5.34. The third kappa shape index (κ3) is 4.11. The highest BCUT2D eigenvalue weighted by molar-refractivity contribution is 7.99. The molecule has 3 aromatic rings. The van der Waals surface area contributed by atoms with Crippen molar-refractivity contribution in [3.05, 3.63) is 53.6 Å². The number of hydrogen-bond donors (Lipinski definition) is 2. The van der Waals surface area contributed by atoms with Gasteiger partial charge in [-0.2, -0.15) is 0 Å². The quantitative estimate of drug-likeness (QED) is 0.627. The van der Waals surface area contributed by atoms with Crippen molar-refractivity contribution in [2.75, 3.05) is 12.4 Å². The van der Waals surface area contributed by atoms with E-state index in [1.165, 1.54) is 22.9 Å². The van der Waals surface area contributed by atoms with Gasteiger partial charge in [-0.3, -0.25) is 4.79 Å². The fraction of sp³-hybridized carbons (Fsp3) is 0.333. The zero-order valence-electron chi connectivity index (χ0n) is 15.3. The van der Waals surface area contributed by atoms with Crippen molar-refractivity contribution in [2.45, 2.75) is 37.4 Å². The summed E-state index contributed by atoms with van der Waals surface area (Å²) in [5.74, 6) is 1.20. The maximum absolute atomic E-state index is 12.5. The fourth-order valence-corrected chi connectivity index (χ4v) is 4.26. The van der Waals surface area contributed by atoms with E-state index in [2.05, 4.69) is 33.5 Å². The van der Waals surface area contributed by atoms with Gasteiger partial charge in [0, 0.05) is 6.07 Å². The van der Waals surface area contributed by atoms with Gasteiger partial charge in [0.05, 0.1) is 29.4 Å². The monoisotopic (exact) mass is 381 g/mol. The van der Waals surface area contributed by atoms with Crippen LogP contribution in [-0.2, 0) is 11.2 Å². The number of carbonyl (C=O) groups excluding carboxylic acids is 1. The number of benzene rings is 2. The van der Waals surface area contributed by atoms with Crippen molar-refractivity contribution in [1.29, 1.82) is 0 Å². The van der Waals surface area contributed by atoms with Gasteiger partial charge < -0.3 is 15.0 Å². The van der Waals surface area contributed by atoms with Gasteiger partial charge in [-0.1, -0.05) is 36.0 Å². The van der Waals surface area contributed by atoms with Crippen LogP contribution in [0.1, 0.15) is 36.9 Å². The molecule has 2 N–H and O–H groups in total. The van der Waals surface area contributed by atoms with Crippen LogP contribution in [0.15, 0.2) is 47.6 Å². The topological polar surface area (TPSA) is 67.0 Å². The molecule has 1 amide bonds. The number of rotatable bonds is 6. The first-order valence-corrected chi connectivity index (χ1v) is 10.3. The highest BCUT2D eigenvalue weighted by atomic mass is 32.2. The molecule has 4 rings (SSSR count). The van der Waals surface area contributed by atoms with Gasteiger partial charge in [-0.15, -0.1) is 0 Å². The summed E-state index contributed by atoms with van der Waals surface area (Å²) in [5, 5.41) is 3.93. The standard InChI is InChI=1S/C21H23N3O2S/c1-2-26-15-10-11-18-19(12-15)24-21(23-18)27-13-20(25)22-17-9-5-7-14-6-3-4-8-16(14)17/h3-4,6,8,10-12,17H,2,5,7,9,13H2,1H3,(H,22,25)(H,23,24)/t17-/m1/s1. The van der Waals surface area contributed by atoms with Crippen LogP contribution in [0.2, 0.25) is 0 Å². The smallest absolute Gasteiger partial charge is 0.230 e. The molecule has 1 aliphatic rings. The number of imidazole rings is 1. The minimum Gasteiger partial charge on any atom is -0.494 e. The lowest BCUT2D eigenvalue weighted by Crippen LogP contribution is -2.32. The number of aromatic nitrogens is 2. The number of aryl methyl sites for hydroxylation is 1. The summed E-state index contributed by atoms with van der Waals surface area (Å²) in [4.78, 5) is 20.3. The van der Waals surface area contributed by atoms with E-state index in [1.807, 2.05) is 31.2 Å². The molecule has 1 aliphatic carbocycles. The van der Waals surface area contributed by atoms with Crippen LogP contribution in [0, 0.1) is 0 Å². The number of carbonyl (C=O) groups is 1. The molecule has 0 bridgehead atoms. The van der Waals surface area contributed by atoms with Gasteiger partial charge in [-0.25, -0.2) is 4.98 Å². The van der Waals surface area contributed by atoms with E-state index in [0.717, 1.165) is 41.2 Å². The first-order valence-electron chi connectivity index (χ1n) is 9.35. The first-order chi connectivity index (χ1) is 13.2. The Balaban J connectivity index is 1.38. The van der Waals surface area contributed by atoms with E-state index < -0.39 is 0 Å². The Morgan fingerprint density at radius 2 is 2.22 bits per heavy atom. The predicted molar refractivity (Wildman–Crippen MR) is 108 cm³/mol. The summed E-state index contributed by atoms with van der Waals surface area (Å²) in [6, 6.07) is 14.3. The van der Waals surface area contributed by atoms with E-state index in [0.29, 0.717) is 12.4 Å². The van der Waals surface area contributed by atoms with Gasteiger partial charge >= 0.3 is 0 Å². The SMILES string of the molecule is CCOc1ccc2nc(SCC(=O)N[C@@H]3CCCc4ccccc43)[nH]c2c1. The lowest BCUT2D eigenvalue weighted by atomic mass is 9.88. The van der Waals surface area contributed by atoms with Crippen LogP contribution in [0.3, 0.4) is 0 Å². The number of H-pyrrole nitrogens is 1. The Labute approximate surface area is 162 Å². The number of ether oxygens (including phenoxy) is 1. The van der Waals surface area contributed by atoms with E-state index >= 15 is 0 Å². The number of nitrogens with one attached hydrogen (secondary N) is 2. The summed E-state index contributed by atoms with van der Waals surface area (Å²) < 4.78 is 5.52. The lowest BCUT2D eigenvalue weighted by Gasteiger charge is -2.26. The number of amides is 1. The van der Waals surface area contributed by atoms with Gasteiger partial charge in [0.2, 0.25) is 5.91 Å². The van der Waals surface area contributed by atoms with Crippen molar-refractivity contribution in [2.24, 2.45) is 0 Å². The molecule has 0 aliphatic heterocycles. The van der Waals surface area contributed by atoms with E-state index in [1.54, 1.807) is 0 Å². The van der Waals surface area contributed by atoms with Crippen LogP contribution in [0.25, 0.3) is 11.0 Å². The Morgan fingerprint density at radius 3 is 3.11 bits per heavy atom. The molecule has 5 nitrogen and oxygen atoms in total. The van der Waals surface area contributed by atoms with Crippen LogP contribution >= 0.6 is 11.8 Å². The van der Waals surface area contributed by atoms with E-state index in [9.17, 15) is 4.79 Å². The minimum atomic E-state index is 0.0390. The lowest BCUT2D eigenvalue weighted by molar-refractivity contribution is -0.119. The molecule has 6 heteroatoms. The van der Waals surface area contributed by atoms with Gasteiger partial charge in [0.15, 0.2) is 5.16 Å². The molecular formula is C21H23N3O2S. The van der Waals surface area contributed by atoms with E-state index in [4.69, 9.17) is 4.74 Å². The summed E-state index contributed by atoms with van der Waals surface area (Å²) in [5.41, 5.74) is 4.41. The highest BCUT2D eigenvalue weighted by Crippen LogP contribution is 2.29. The second kappa shape index (κ2) is 8.05. The second-order valence-corrected chi connectivity index (χ2v) is 7.62. The molecule has 140 valence electrons. The number of fused-ring (bicyclic) bond motifs is 2. The molecule has 1 aromatic heterocycles. The number of thioether (sulfide) groups is 1. The summed E-state index contributed by atoms with van der Waals surface area (Å²) in [7, 11) is 0. The molecule has 0 spiro atoms. The van der Waals surface area contributed by atoms with Gasteiger partial charge in [-0.05, 0) is 49.4 Å². The molecule has 0 saturated heterocycles. The maximum atomic E-state index is 12.5. The maximum Gasteiger partial charge on any atom is 0.230 e. The third-order valence-electron chi connectivity index (χ3n) is 4.79. The number of nitrogens with zero attached hydrogens (tertiary/aromatic N) is 1. The molecule has 27 heavy (non-hydrogen) atoms. The average Bonchev–Trinajstić information content (AvgIpc) is 3.09. The summed E-state index contributed by atoms with van der Waals surface area (Å²) >= 11 is 1.42. The first kappa shape index (κ1) is 17.9. The third-order valence-corrected chi connectivity index (χ3v) is 5.66. The zero-order chi connectivity index (χ0) is 18.6. The summed E-state index contributed by atoms with van der Waals surface area (Å²) in [6.07, 6.45) is 3.21. The molecule has 1 atom stereocenters. The predicted octanol–water partition coefficient (Wildman–Crippen LogP) is 4.25. The average molecular weight is 382 g/mol. The summed E-state index contributed by atoms with van der Waals surface area (Å²) in [6.45, 7) is 2.59. The molecule has 0 saturated carbocycles. The zero-order valence-corrected chi connectivity index (χ0v) is 16.1. The van der Waals surface area contributed by atoms with Crippen molar-refractivity contribution in [3.8, 4) is 5.75 Å². The van der Waals surface area contributed by atoms with E-state index in [-0.39, 0.29) is 11.9 Å². The van der Waals surface area contributed by atoms with Gasteiger partial charge in [0.25, 0.3) is 0 Å². The fourth-order valence-electron chi connectivity index (χ4n) is 3.56. The molecular weight excluding hydrogens is 358 g/mol. The second-order valence-electron chi connectivity index (χ2n) is 6.65. The van der Waals surface area contributed by atoms with Crippen LogP contribution in [0.5, 0.6) is 5.75 Å². The highest BCUT2D eigenvalue weighted by Gasteiger charge is 2.21. The van der Waals surface area contributed by atoms with Crippen LogP contribution in [0.4, 0.5) is 0 Å². The Hall–Kier alpha value is -2.47. The largest absolute Gasteiger partial charge is 0.494 e. The van der Waals surface area contributed by atoms with Gasteiger partial charge in [0.1, 0.15) is 5.75 Å². The minimum absolute atomic E-state index is 0.0390. The Morgan fingerprint density at radius 1 is 1.33 bits per heavy atom. The Bertz CT molecular complexity index is 954. The molecule has 0 fully saturated rings. The molecule has 1 heterocycles. The van der Waals surface area contributed by atoms with Crippen molar-refractivity contribution < 1.29 is 9.53 Å². The molecule has 0 radical (unpaired) electrons. The molecule has 0 unspecified atom stereocenters. The molecule has 2 aromatic carbocycles. The normalized spacial score (nSPS) is 16.1.